The van der Waals surface area contributed by atoms with Crippen molar-refractivity contribution in [3.8, 4) is 11.6 Å². The Morgan fingerprint density at radius 1 is 1.25 bits per heavy atom. The predicted octanol–water partition coefficient (Wildman–Crippen LogP) is 0.376. The molecule has 2 unspecified atom stereocenters. The lowest BCUT2D eigenvalue weighted by atomic mass is 10.1. The van der Waals surface area contributed by atoms with Crippen LogP contribution in [0.4, 0.5) is 0 Å². The quantitative estimate of drug-likeness (QED) is 0.548. The average molecular weight is 388 g/mol. The molecule has 0 saturated carbocycles. The van der Waals surface area contributed by atoms with Gasteiger partial charge in [-0.1, -0.05) is 12.1 Å². The number of aromatic hydroxyl groups is 1. The molecule has 0 bridgehead atoms. The Hall–Kier alpha value is -2.79. The van der Waals surface area contributed by atoms with E-state index in [4.69, 9.17) is 14.2 Å². The van der Waals surface area contributed by atoms with E-state index in [1.54, 1.807) is 11.7 Å². The molecule has 3 aromatic rings. The van der Waals surface area contributed by atoms with E-state index in [1.807, 2.05) is 24.3 Å². The molecule has 4 atom stereocenters. The smallest absolute Gasteiger partial charge is 0.242 e. The van der Waals surface area contributed by atoms with E-state index in [2.05, 4.69) is 15.0 Å². The Labute approximate surface area is 160 Å². The number of hydrogen-bond donors (Lipinski definition) is 3. The van der Waals surface area contributed by atoms with Crippen molar-refractivity contribution in [3.63, 3.8) is 0 Å². The first-order valence-electron chi connectivity index (χ1n) is 8.67. The van der Waals surface area contributed by atoms with Crippen molar-refractivity contribution in [1.82, 2.24) is 19.5 Å². The van der Waals surface area contributed by atoms with Crippen LogP contribution in [-0.2, 0) is 16.1 Å². The topological polar surface area (TPSA) is 132 Å². The molecule has 3 heterocycles. The summed E-state index contributed by atoms with van der Waals surface area (Å²) >= 11 is 0. The second-order valence-electron chi connectivity index (χ2n) is 6.39. The first kappa shape index (κ1) is 18.6. The van der Waals surface area contributed by atoms with E-state index in [9.17, 15) is 15.3 Å². The number of aliphatic hydroxyl groups is 2. The number of aromatic nitrogens is 4. The monoisotopic (exact) mass is 388 g/mol. The lowest BCUT2D eigenvalue weighted by molar-refractivity contribution is -0.0761. The number of rotatable bonds is 6. The second kappa shape index (κ2) is 7.68. The summed E-state index contributed by atoms with van der Waals surface area (Å²) in [6.45, 7) is -0.173. The summed E-state index contributed by atoms with van der Waals surface area (Å²) in [6.07, 6.45) is -0.841. The molecule has 2 aromatic heterocycles. The summed E-state index contributed by atoms with van der Waals surface area (Å²) in [6, 6.07) is 7.38. The molecule has 1 aliphatic rings. The number of nitrogens with zero attached hydrogens (tertiary/aromatic N) is 4. The van der Waals surface area contributed by atoms with Crippen molar-refractivity contribution < 1.29 is 29.5 Å². The fraction of sp³-hybridized carbons (Fsp3) is 0.389. The van der Waals surface area contributed by atoms with Gasteiger partial charge in [-0.15, -0.1) is 0 Å². The van der Waals surface area contributed by atoms with Crippen molar-refractivity contribution in [1.29, 1.82) is 0 Å². The minimum atomic E-state index is -1.06. The van der Waals surface area contributed by atoms with Crippen molar-refractivity contribution in [2.24, 2.45) is 0 Å². The van der Waals surface area contributed by atoms with Gasteiger partial charge in [0.2, 0.25) is 5.88 Å². The van der Waals surface area contributed by atoms with Crippen LogP contribution >= 0.6 is 0 Å². The number of hydrogen-bond acceptors (Lipinski definition) is 9. The van der Waals surface area contributed by atoms with Gasteiger partial charge < -0.3 is 29.5 Å². The van der Waals surface area contributed by atoms with Crippen LogP contribution < -0.4 is 4.74 Å². The Morgan fingerprint density at radius 2 is 2.11 bits per heavy atom. The third-order valence-corrected chi connectivity index (χ3v) is 4.68. The van der Waals surface area contributed by atoms with Crippen molar-refractivity contribution in [2.45, 2.75) is 31.1 Å². The lowest BCUT2D eigenvalue weighted by Gasteiger charge is -2.22. The summed E-state index contributed by atoms with van der Waals surface area (Å²) in [7, 11) is 1.58. The standard InChI is InChI=1S/C18H20N4O6/c1-26-11-4-2-3-10(5-11)7-27-15-14(24)12(6-23)28-18(15)22-9-21-13-16(22)19-8-20-17(13)25/h2-5,8-9,12,14-15,18,23-24H,6-7H2,1H3,(H,19,20,25)/t12-,14?,15?,18-/m1/s1. The number of fused-ring (bicyclic) bond motifs is 1. The first-order valence-corrected chi connectivity index (χ1v) is 8.67. The molecular formula is C18H20N4O6. The lowest BCUT2D eigenvalue weighted by Crippen LogP contribution is -2.35. The van der Waals surface area contributed by atoms with Crippen LogP contribution in [0.5, 0.6) is 11.6 Å². The Morgan fingerprint density at radius 3 is 2.89 bits per heavy atom. The fourth-order valence-corrected chi connectivity index (χ4v) is 3.25. The molecule has 0 amide bonds. The zero-order valence-electron chi connectivity index (χ0n) is 15.0. The highest BCUT2D eigenvalue weighted by Crippen LogP contribution is 2.34. The third-order valence-electron chi connectivity index (χ3n) is 4.68. The van der Waals surface area contributed by atoms with Crippen LogP contribution in [0.1, 0.15) is 11.8 Å². The summed E-state index contributed by atoms with van der Waals surface area (Å²) in [5, 5.41) is 30.0. The molecular weight excluding hydrogens is 368 g/mol. The third kappa shape index (κ3) is 3.27. The molecule has 4 rings (SSSR count). The first-order chi connectivity index (χ1) is 13.6. The molecule has 28 heavy (non-hydrogen) atoms. The molecule has 3 N–H and O–H groups in total. The zero-order valence-corrected chi connectivity index (χ0v) is 15.0. The predicted molar refractivity (Wildman–Crippen MR) is 95.6 cm³/mol. The zero-order chi connectivity index (χ0) is 19.7. The molecule has 148 valence electrons. The SMILES string of the molecule is COc1cccc(COC2C(O)[C@@H](CO)O[C@H]2n2cnc3c(O)ncnc32)c1. The Kier molecular flexibility index (Phi) is 5.09. The van der Waals surface area contributed by atoms with Crippen LogP contribution in [0.15, 0.2) is 36.9 Å². The van der Waals surface area contributed by atoms with E-state index in [0.717, 1.165) is 5.56 Å². The van der Waals surface area contributed by atoms with Crippen molar-refractivity contribution >= 4 is 11.2 Å². The van der Waals surface area contributed by atoms with Gasteiger partial charge in [-0.25, -0.2) is 9.97 Å². The molecule has 0 spiro atoms. The van der Waals surface area contributed by atoms with Gasteiger partial charge in [-0.05, 0) is 17.7 Å². The van der Waals surface area contributed by atoms with Gasteiger partial charge in [0, 0.05) is 0 Å². The summed E-state index contributed by atoms with van der Waals surface area (Å²) in [5.41, 5.74) is 1.39. The van der Waals surface area contributed by atoms with E-state index >= 15 is 0 Å². The van der Waals surface area contributed by atoms with Crippen molar-refractivity contribution in [3.05, 3.63) is 42.5 Å². The van der Waals surface area contributed by atoms with Crippen LogP contribution in [0.25, 0.3) is 11.2 Å². The van der Waals surface area contributed by atoms with E-state index in [1.165, 1.54) is 12.7 Å². The molecule has 10 heteroatoms. The fourth-order valence-electron chi connectivity index (χ4n) is 3.25. The van der Waals surface area contributed by atoms with E-state index in [-0.39, 0.29) is 24.6 Å². The van der Waals surface area contributed by atoms with Gasteiger partial charge in [0.05, 0.1) is 26.7 Å². The highest BCUT2D eigenvalue weighted by Gasteiger charge is 2.46. The Balaban J connectivity index is 1.61. The van der Waals surface area contributed by atoms with Crippen LogP contribution in [0, 0.1) is 0 Å². The van der Waals surface area contributed by atoms with Crippen LogP contribution in [-0.4, -0.2) is 66.9 Å². The number of imidazole rings is 1. The molecule has 0 aliphatic carbocycles. The highest BCUT2D eigenvalue weighted by atomic mass is 16.6. The number of methoxy groups -OCH3 is 1. The number of aliphatic hydroxyl groups excluding tert-OH is 2. The minimum Gasteiger partial charge on any atom is -0.497 e. The van der Waals surface area contributed by atoms with Gasteiger partial charge in [-0.2, -0.15) is 4.98 Å². The molecule has 1 fully saturated rings. The number of benzene rings is 1. The van der Waals surface area contributed by atoms with Gasteiger partial charge >= 0.3 is 0 Å². The summed E-state index contributed by atoms with van der Waals surface area (Å²) in [4.78, 5) is 11.9. The normalized spacial score (nSPS) is 24.7. The van der Waals surface area contributed by atoms with E-state index in [0.29, 0.717) is 11.4 Å². The van der Waals surface area contributed by atoms with Crippen molar-refractivity contribution in [2.75, 3.05) is 13.7 Å². The molecule has 1 saturated heterocycles. The Bertz CT molecular complexity index is 964. The largest absolute Gasteiger partial charge is 0.497 e. The molecule has 0 radical (unpaired) electrons. The maximum Gasteiger partial charge on any atom is 0.242 e. The molecule has 10 nitrogen and oxygen atoms in total. The maximum absolute atomic E-state index is 10.6. The van der Waals surface area contributed by atoms with Gasteiger partial charge in [0.15, 0.2) is 17.4 Å². The molecule has 1 aromatic carbocycles. The number of ether oxygens (including phenoxy) is 3. The van der Waals surface area contributed by atoms with Gasteiger partial charge in [0.25, 0.3) is 0 Å². The van der Waals surface area contributed by atoms with Gasteiger partial charge in [0.1, 0.15) is 30.4 Å². The summed E-state index contributed by atoms with van der Waals surface area (Å²) < 4.78 is 18.5. The minimum absolute atomic E-state index is 0.198. The van der Waals surface area contributed by atoms with Crippen LogP contribution in [0.3, 0.4) is 0 Å². The summed E-state index contributed by atoms with van der Waals surface area (Å²) in [5.74, 6) is 0.441. The average Bonchev–Trinajstić information content (AvgIpc) is 3.28. The highest BCUT2D eigenvalue weighted by molar-refractivity contribution is 5.75. The maximum atomic E-state index is 10.6. The second-order valence-corrected chi connectivity index (χ2v) is 6.39. The van der Waals surface area contributed by atoms with Gasteiger partial charge in [-0.3, -0.25) is 4.57 Å². The molecule has 1 aliphatic heterocycles. The van der Waals surface area contributed by atoms with Crippen LogP contribution in [0.2, 0.25) is 0 Å². The van der Waals surface area contributed by atoms with E-state index < -0.39 is 24.5 Å².